The van der Waals surface area contributed by atoms with Crippen LogP contribution in [0.2, 0.25) is 5.02 Å². The first-order valence-electron chi connectivity index (χ1n) is 7.56. The number of ether oxygens (including phenoxy) is 1. The minimum absolute atomic E-state index is 0.325. The summed E-state index contributed by atoms with van der Waals surface area (Å²) in [5.41, 5.74) is 3.39. The van der Waals surface area contributed by atoms with Crippen LogP contribution in [0, 0.1) is 5.82 Å². The summed E-state index contributed by atoms with van der Waals surface area (Å²) in [6, 6.07) is 19.9. The van der Waals surface area contributed by atoms with Crippen LogP contribution < -0.4 is 4.74 Å². The first kappa shape index (κ1) is 16.3. The molecule has 0 saturated carbocycles. The molecule has 3 rings (SSSR count). The summed E-state index contributed by atoms with van der Waals surface area (Å²) in [4.78, 5) is 0. The van der Waals surface area contributed by atoms with Gasteiger partial charge >= 0.3 is 0 Å². The molecule has 120 valence electrons. The van der Waals surface area contributed by atoms with E-state index >= 15 is 0 Å². The van der Waals surface area contributed by atoms with Gasteiger partial charge in [0.05, 0.1) is 0 Å². The maximum Gasteiger partial charge on any atom is 0.123 e. The lowest BCUT2D eigenvalue weighted by atomic mass is 9.99. The van der Waals surface area contributed by atoms with Crippen molar-refractivity contribution >= 4 is 17.7 Å². The molecule has 1 nitrogen and oxygen atoms in total. The molecule has 3 aromatic rings. The maximum atomic E-state index is 13.5. The van der Waals surface area contributed by atoms with Gasteiger partial charge in [0, 0.05) is 10.6 Å². The first-order chi connectivity index (χ1) is 11.7. The lowest BCUT2D eigenvalue weighted by Gasteiger charge is -2.12. The van der Waals surface area contributed by atoms with Crippen LogP contribution in [-0.2, 0) is 6.61 Å². The standard InChI is InChI=1S/C21H16ClFO/c1-2-16-12-18(24-14-15-6-4-3-5-7-15)9-10-19(16)20-13-17(23)8-11-21(20)22/h2-13H,1,14H2. The SMILES string of the molecule is C=Cc1cc(OCc2ccccc2)ccc1-c1cc(F)ccc1Cl. The molecule has 0 N–H and O–H groups in total. The Kier molecular flexibility index (Phi) is 4.97. The molecule has 0 aliphatic carbocycles. The van der Waals surface area contributed by atoms with Crippen LogP contribution in [-0.4, -0.2) is 0 Å². The van der Waals surface area contributed by atoms with Crippen molar-refractivity contribution < 1.29 is 9.13 Å². The van der Waals surface area contributed by atoms with Crippen molar-refractivity contribution in [1.29, 1.82) is 0 Å². The molecule has 3 aromatic carbocycles. The van der Waals surface area contributed by atoms with Gasteiger partial charge in [0.15, 0.2) is 0 Å². The van der Waals surface area contributed by atoms with Gasteiger partial charge in [0.1, 0.15) is 18.2 Å². The second kappa shape index (κ2) is 7.33. The molecule has 0 aliphatic rings. The molecular formula is C21H16ClFO. The number of halogens is 2. The molecule has 0 atom stereocenters. The Labute approximate surface area is 146 Å². The van der Waals surface area contributed by atoms with Gasteiger partial charge in [-0.15, -0.1) is 0 Å². The van der Waals surface area contributed by atoms with E-state index in [1.54, 1.807) is 12.1 Å². The Hall–Kier alpha value is -2.58. The van der Waals surface area contributed by atoms with Crippen LogP contribution in [0.15, 0.2) is 73.3 Å². The highest BCUT2D eigenvalue weighted by Gasteiger charge is 2.10. The molecule has 0 spiro atoms. The quantitative estimate of drug-likeness (QED) is 0.525. The van der Waals surface area contributed by atoms with Gasteiger partial charge in [0.25, 0.3) is 0 Å². The lowest BCUT2D eigenvalue weighted by Crippen LogP contribution is -1.96. The Morgan fingerprint density at radius 3 is 2.50 bits per heavy atom. The van der Waals surface area contributed by atoms with Crippen LogP contribution in [0.3, 0.4) is 0 Å². The van der Waals surface area contributed by atoms with Gasteiger partial charge in [0.2, 0.25) is 0 Å². The van der Waals surface area contributed by atoms with Gasteiger partial charge in [-0.05, 0) is 47.0 Å². The van der Waals surface area contributed by atoms with E-state index in [1.165, 1.54) is 12.1 Å². The lowest BCUT2D eigenvalue weighted by molar-refractivity contribution is 0.306. The number of benzene rings is 3. The van der Waals surface area contributed by atoms with Crippen molar-refractivity contribution in [3.05, 3.63) is 95.3 Å². The van der Waals surface area contributed by atoms with Crippen LogP contribution in [0.25, 0.3) is 17.2 Å². The fourth-order valence-corrected chi connectivity index (χ4v) is 2.71. The fraction of sp³-hybridized carbons (Fsp3) is 0.0476. The summed E-state index contributed by atoms with van der Waals surface area (Å²) < 4.78 is 19.4. The zero-order valence-corrected chi connectivity index (χ0v) is 13.8. The van der Waals surface area contributed by atoms with Crippen molar-refractivity contribution in [1.82, 2.24) is 0 Å². The third-order valence-electron chi connectivity index (χ3n) is 3.71. The van der Waals surface area contributed by atoms with Gasteiger partial charge in [-0.2, -0.15) is 0 Å². The van der Waals surface area contributed by atoms with Crippen molar-refractivity contribution in [2.24, 2.45) is 0 Å². The van der Waals surface area contributed by atoms with E-state index in [2.05, 4.69) is 6.58 Å². The van der Waals surface area contributed by atoms with E-state index in [0.29, 0.717) is 17.2 Å². The summed E-state index contributed by atoms with van der Waals surface area (Å²) >= 11 is 6.21. The van der Waals surface area contributed by atoms with Crippen LogP contribution in [0.4, 0.5) is 4.39 Å². The Bertz CT molecular complexity index is 859. The third kappa shape index (κ3) is 3.66. The summed E-state index contributed by atoms with van der Waals surface area (Å²) in [5, 5.41) is 0.498. The van der Waals surface area contributed by atoms with Crippen molar-refractivity contribution in [3.8, 4) is 16.9 Å². The predicted octanol–water partition coefficient (Wildman–Crippen LogP) is 6.37. The summed E-state index contributed by atoms with van der Waals surface area (Å²) in [7, 11) is 0. The van der Waals surface area contributed by atoms with E-state index in [0.717, 1.165) is 22.4 Å². The van der Waals surface area contributed by atoms with Crippen molar-refractivity contribution in [2.45, 2.75) is 6.61 Å². The number of hydrogen-bond acceptors (Lipinski definition) is 1. The molecule has 0 saturated heterocycles. The summed E-state index contributed by atoms with van der Waals surface area (Å²) in [6.07, 6.45) is 1.71. The van der Waals surface area contributed by atoms with Crippen LogP contribution >= 0.6 is 11.6 Å². The molecule has 24 heavy (non-hydrogen) atoms. The highest BCUT2D eigenvalue weighted by Crippen LogP contribution is 2.33. The molecule has 0 aromatic heterocycles. The average molecular weight is 339 g/mol. The predicted molar refractivity (Wildman–Crippen MR) is 97.7 cm³/mol. The zero-order valence-electron chi connectivity index (χ0n) is 13.0. The van der Waals surface area contributed by atoms with Crippen LogP contribution in [0.1, 0.15) is 11.1 Å². The molecule has 0 bridgehead atoms. The van der Waals surface area contributed by atoms with E-state index in [-0.39, 0.29) is 5.82 Å². The van der Waals surface area contributed by atoms with E-state index < -0.39 is 0 Å². The molecule has 0 amide bonds. The summed E-state index contributed by atoms with van der Waals surface area (Å²) in [6.45, 7) is 4.32. The monoisotopic (exact) mass is 338 g/mol. The molecule has 0 unspecified atom stereocenters. The van der Waals surface area contributed by atoms with Crippen molar-refractivity contribution in [3.63, 3.8) is 0 Å². The number of hydrogen-bond donors (Lipinski definition) is 0. The molecule has 0 aliphatic heterocycles. The molecule has 0 fully saturated rings. The second-order valence-corrected chi connectivity index (χ2v) is 5.76. The number of rotatable bonds is 5. The topological polar surface area (TPSA) is 9.23 Å². The average Bonchev–Trinajstić information content (AvgIpc) is 2.62. The van der Waals surface area contributed by atoms with Gasteiger partial charge < -0.3 is 4.74 Å². The molecule has 0 radical (unpaired) electrons. The second-order valence-electron chi connectivity index (χ2n) is 5.35. The Balaban J connectivity index is 1.88. The third-order valence-corrected chi connectivity index (χ3v) is 4.04. The zero-order chi connectivity index (χ0) is 16.9. The first-order valence-corrected chi connectivity index (χ1v) is 7.94. The highest BCUT2D eigenvalue weighted by molar-refractivity contribution is 6.33. The largest absolute Gasteiger partial charge is 0.489 e. The normalized spacial score (nSPS) is 10.4. The maximum absolute atomic E-state index is 13.5. The molecular weight excluding hydrogens is 323 g/mol. The Morgan fingerprint density at radius 2 is 1.75 bits per heavy atom. The van der Waals surface area contributed by atoms with Crippen molar-refractivity contribution in [2.75, 3.05) is 0 Å². The smallest absolute Gasteiger partial charge is 0.123 e. The minimum Gasteiger partial charge on any atom is -0.489 e. The molecule has 0 heterocycles. The van der Waals surface area contributed by atoms with E-state index in [1.807, 2.05) is 48.5 Å². The molecule has 3 heteroatoms. The highest BCUT2D eigenvalue weighted by atomic mass is 35.5. The van der Waals surface area contributed by atoms with Gasteiger partial charge in [-0.1, -0.05) is 60.7 Å². The fourth-order valence-electron chi connectivity index (χ4n) is 2.49. The van der Waals surface area contributed by atoms with E-state index in [9.17, 15) is 4.39 Å². The summed E-state index contributed by atoms with van der Waals surface area (Å²) in [5.74, 6) is 0.402. The minimum atomic E-state index is -0.325. The van der Waals surface area contributed by atoms with Gasteiger partial charge in [-0.25, -0.2) is 4.39 Å². The van der Waals surface area contributed by atoms with E-state index in [4.69, 9.17) is 16.3 Å². The van der Waals surface area contributed by atoms with Crippen LogP contribution in [0.5, 0.6) is 5.75 Å². The van der Waals surface area contributed by atoms with Gasteiger partial charge in [-0.3, -0.25) is 0 Å². The Morgan fingerprint density at radius 1 is 0.958 bits per heavy atom.